The molecule has 0 unspecified atom stereocenters. The molecule has 1 amide bonds. The predicted octanol–water partition coefficient (Wildman–Crippen LogP) is 2.18. The Morgan fingerprint density at radius 2 is 2.35 bits per heavy atom. The second-order valence-corrected chi connectivity index (χ2v) is 6.14. The molecule has 0 aliphatic carbocycles. The molecule has 1 fully saturated rings. The molecule has 1 atom stereocenters. The number of benzene rings is 1. The molecule has 0 radical (unpaired) electrons. The standard InChI is InChI=1S/C13H13ClN4OS/c1-17-12(19)8-20-13(17)11-7-18(16-15-11)6-9-3-2-4-10(14)5-9/h2-5,7,13H,6,8H2,1H3/t13-/m1/s1. The number of rotatable bonds is 3. The zero-order valence-corrected chi connectivity index (χ0v) is 12.4. The highest BCUT2D eigenvalue weighted by Gasteiger charge is 2.31. The quantitative estimate of drug-likeness (QED) is 0.872. The fourth-order valence-corrected chi connectivity index (χ4v) is 3.44. The average Bonchev–Trinajstić information content (AvgIpc) is 2.98. The number of halogens is 1. The van der Waals surface area contributed by atoms with Gasteiger partial charge in [0.1, 0.15) is 11.1 Å². The van der Waals surface area contributed by atoms with Gasteiger partial charge < -0.3 is 4.90 Å². The highest BCUT2D eigenvalue weighted by molar-refractivity contribution is 8.00. The van der Waals surface area contributed by atoms with E-state index in [1.807, 2.05) is 30.5 Å². The number of thioether (sulfide) groups is 1. The summed E-state index contributed by atoms with van der Waals surface area (Å²) in [5, 5.41) is 8.96. The van der Waals surface area contributed by atoms with Gasteiger partial charge in [0.2, 0.25) is 5.91 Å². The van der Waals surface area contributed by atoms with Crippen molar-refractivity contribution in [2.45, 2.75) is 11.9 Å². The van der Waals surface area contributed by atoms with Gasteiger partial charge in [-0.05, 0) is 17.7 Å². The minimum atomic E-state index is -0.0318. The molecule has 2 aromatic rings. The third-order valence-electron chi connectivity index (χ3n) is 3.15. The second kappa shape index (κ2) is 5.46. The van der Waals surface area contributed by atoms with E-state index in [0.29, 0.717) is 17.3 Å². The first-order chi connectivity index (χ1) is 9.63. The molecule has 7 heteroatoms. The van der Waals surface area contributed by atoms with Crippen LogP contribution in [0.4, 0.5) is 0 Å². The lowest BCUT2D eigenvalue weighted by molar-refractivity contribution is -0.126. The summed E-state index contributed by atoms with van der Waals surface area (Å²) >= 11 is 7.54. The molecule has 0 spiro atoms. The van der Waals surface area contributed by atoms with Crippen molar-refractivity contribution in [1.82, 2.24) is 19.9 Å². The molecular formula is C13H13ClN4OS. The maximum Gasteiger partial charge on any atom is 0.233 e. The van der Waals surface area contributed by atoms with Gasteiger partial charge in [-0.15, -0.1) is 16.9 Å². The molecular weight excluding hydrogens is 296 g/mol. The molecule has 1 aromatic carbocycles. The molecule has 1 aromatic heterocycles. The normalized spacial score (nSPS) is 18.8. The number of carbonyl (C=O) groups is 1. The highest BCUT2D eigenvalue weighted by Crippen LogP contribution is 2.35. The van der Waals surface area contributed by atoms with Crippen molar-refractivity contribution in [2.75, 3.05) is 12.8 Å². The van der Waals surface area contributed by atoms with Crippen molar-refractivity contribution in [3.63, 3.8) is 0 Å². The van der Waals surface area contributed by atoms with Gasteiger partial charge in [-0.1, -0.05) is 28.9 Å². The smallest absolute Gasteiger partial charge is 0.233 e. The monoisotopic (exact) mass is 308 g/mol. The zero-order chi connectivity index (χ0) is 14.1. The van der Waals surface area contributed by atoms with Gasteiger partial charge in [0.15, 0.2) is 0 Å². The SMILES string of the molecule is CN1C(=O)CS[C@@H]1c1cn(Cc2cccc(Cl)c2)nn1. The Morgan fingerprint density at radius 3 is 3.05 bits per heavy atom. The van der Waals surface area contributed by atoms with Crippen LogP contribution in [0.15, 0.2) is 30.5 Å². The number of aromatic nitrogens is 3. The summed E-state index contributed by atoms with van der Waals surface area (Å²) in [5.74, 6) is 0.631. The Kier molecular flexibility index (Phi) is 3.67. The molecule has 1 aliphatic heterocycles. The van der Waals surface area contributed by atoms with Gasteiger partial charge in [0, 0.05) is 12.1 Å². The van der Waals surface area contributed by atoms with Crippen LogP contribution in [0.2, 0.25) is 5.02 Å². The first-order valence-electron chi connectivity index (χ1n) is 6.15. The van der Waals surface area contributed by atoms with Gasteiger partial charge >= 0.3 is 0 Å². The molecule has 20 heavy (non-hydrogen) atoms. The summed E-state index contributed by atoms with van der Waals surface area (Å²) in [5.41, 5.74) is 1.88. The van der Waals surface area contributed by atoms with E-state index in [1.54, 1.807) is 28.4 Å². The average molecular weight is 309 g/mol. The Balaban J connectivity index is 1.76. The fraction of sp³-hybridized carbons (Fsp3) is 0.308. The van der Waals surface area contributed by atoms with Crippen LogP contribution in [-0.2, 0) is 11.3 Å². The molecule has 0 N–H and O–H groups in total. The van der Waals surface area contributed by atoms with Crippen LogP contribution >= 0.6 is 23.4 Å². The van der Waals surface area contributed by atoms with E-state index in [0.717, 1.165) is 11.3 Å². The summed E-state index contributed by atoms with van der Waals surface area (Å²) in [4.78, 5) is 13.2. The number of hydrogen-bond acceptors (Lipinski definition) is 4. The molecule has 5 nitrogen and oxygen atoms in total. The van der Waals surface area contributed by atoms with Gasteiger partial charge in [-0.3, -0.25) is 4.79 Å². The lowest BCUT2D eigenvalue weighted by Gasteiger charge is -2.15. The lowest BCUT2D eigenvalue weighted by Crippen LogP contribution is -2.23. The van der Waals surface area contributed by atoms with E-state index < -0.39 is 0 Å². The molecule has 1 aliphatic rings. The van der Waals surface area contributed by atoms with Crippen LogP contribution in [0.3, 0.4) is 0 Å². The minimum Gasteiger partial charge on any atom is -0.327 e. The first-order valence-corrected chi connectivity index (χ1v) is 7.58. The van der Waals surface area contributed by atoms with Crippen molar-refractivity contribution in [2.24, 2.45) is 0 Å². The van der Waals surface area contributed by atoms with Gasteiger partial charge in [0.05, 0.1) is 18.5 Å². The maximum atomic E-state index is 11.5. The Hall–Kier alpha value is -1.53. The summed E-state index contributed by atoms with van der Waals surface area (Å²) < 4.78 is 1.76. The summed E-state index contributed by atoms with van der Waals surface area (Å²) in [6.45, 7) is 0.614. The van der Waals surface area contributed by atoms with Crippen LogP contribution in [0.1, 0.15) is 16.6 Å². The summed E-state index contributed by atoms with van der Waals surface area (Å²) in [7, 11) is 1.79. The summed E-state index contributed by atoms with van der Waals surface area (Å²) in [6.07, 6.45) is 1.88. The van der Waals surface area contributed by atoms with Gasteiger partial charge in [0.25, 0.3) is 0 Å². The van der Waals surface area contributed by atoms with Gasteiger partial charge in [-0.2, -0.15) is 0 Å². The molecule has 104 valence electrons. The van der Waals surface area contributed by atoms with E-state index in [9.17, 15) is 4.79 Å². The van der Waals surface area contributed by atoms with E-state index in [-0.39, 0.29) is 11.3 Å². The first kappa shape index (κ1) is 13.5. The lowest BCUT2D eigenvalue weighted by atomic mass is 10.2. The molecule has 1 saturated heterocycles. The van der Waals surface area contributed by atoms with Crippen molar-refractivity contribution in [1.29, 1.82) is 0 Å². The third kappa shape index (κ3) is 2.66. The van der Waals surface area contributed by atoms with Crippen LogP contribution in [0, 0.1) is 0 Å². The molecule has 0 saturated carbocycles. The van der Waals surface area contributed by atoms with E-state index in [4.69, 9.17) is 11.6 Å². The molecule has 2 heterocycles. The number of carbonyl (C=O) groups excluding carboxylic acids is 1. The third-order valence-corrected chi connectivity index (χ3v) is 4.67. The van der Waals surface area contributed by atoms with Crippen LogP contribution in [0.5, 0.6) is 0 Å². The summed E-state index contributed by atoms with van der Waals surface area (Å²) in [6, 6.07) is 7.65. The number of hydrogen-bond donors (Lipinski definition) is 0. The van der Waals surface area contributed by atoms with E-state index in [1.165, 1.54) is 0 Å². The highest BCUT2D eigenvalue weighted by atomic mass is 35.5. The number of nitrogens with zero attached hydrogens (tertiary/aromatic N) is 4. The van der Waals surface area contributed by atoms with Crippen LogP contribution in [-0.4, -0.2) is 38.6 Å². The fourth-order valence-electron chi connectivity index (χ4n) is 2.10. The van der Waals surface area contributed by atoms with Crippen LogP contribution in [0.25, 0.3) is 0 Å². The van der Waals surface area contributed by atoms with E-state index in [2.05, 4.69) is 10.3 Å². The Bertz CT molecular complexity index is 645. The second-order valence-electron chi connectivity index (χ2n) is 4.64. The van der Waals surface area contributed by atoms with Crippen molar-refractivity contribution >= 4 is 29.3 Å². The van der Waals surface area contributed by atoms with Crippen molar-refractivity contribution in [3.8, 4) is 0 Å². The van der Waals surface area contributed by atoms with Crippen molar-refractivity contribution < 1.29 is 4.79 Å². The predicted molar refractivity (Wildman–Crippen MR) is 78.5 cm³/mol. The molecule has 0 bridgehead atoms. The van der Waals surface area contributed by atoms with E-state index >= 15 is 0 Å². The topological polar surface area (TPSA) is 51.0 Å². The molecule has 3 rings (SSSR count). The number of amides is 1. The minimum absolute atomic E-state index is 0.0318. The van der Waals surface area contributed by atoms with Crippen molar-refractivity contribution in [3.05, 3.63) is 46.7 Å². The van der Waals surface area contributed by atoms with Crippen LogP contribution < -0.4 is 0 Å². The Morgan fingerprint density at radius 1 is 1.50 bits per heavy atom. The maximum absolute atomic E-state index is 11.5. The zero-order valence-electron chi connectivity index (χ0n) is 10.9. The van der Waals surface area contributed by atoms with Gasteiger partial charge in [-0.25, -0.2) is 4.68 Å². The Labute approximate surface area is 125 Å². The largest absolute Gasteiger partial charge is 0.327 e.